The van der Waals surface area contributed by atoms with Gasteiger partial charge >= 0.3 is 0 Å². The first kappa shape index (κ1) is 31.4. The van der Waals surface area contributed by atoms with Gasteiger partial charge in [-0.05, 0) is 101 Å². The summed E-state index contributed by atoms with van der Waals surface area (Å²) in [6.45, 7) is 17.3. The van der Waals surface area contributed by atoms with Crippen molar-refractivity contribution in [3.05, 3.63) is 65.5 Å². The van der Waals surface area contributed by atoms with E-state index in [1.807, 2.05) is 51.4 Å². The van der Waals surface area contributed by atoms with Crippen LogP contribution in [-0.4, -0.2) is 63.5 Å². The summed E-state index contributed by atoms with van der Waals surface area (Å²) in [5.74, 6) is 0.717. The molecule has 246 valence electrons. The van der Waals surface area contributed by atoms with Gasteiger partial charge in [-0.3, -0.25) is 14.5 Å². The zero-order valence-corrected chi connectivity index (χ0v) is 28.9. The fourth-order valence-corrected chi connectivity index (χ4v) is 7.74. The predicted molar refractivity (Wildman–Crippen MR) is 188 cm³/mol. The third kappa shape index (κ3) is 5.29. The molecule has 1 aliphatic carbocycles. The fraction of sp³-hybridized carbons (Fsp3) is 0.474. The molecular formula is C38H47N7O2. The van der Waals surface area contributed by atoms with Crippen molar-refractivity contribution in [2.75, 3.05) is 30.4 Å². The van der Waals surface area contributed by atoms with E-state index in [9.17, 15) is 9.59 Å². The minimum atomic E-state index is -0.581. The highest BCUT2D eigenvalue weighted by Crippen LogP contribution is 2.48. The van der Waals surface area contributed by atoms with Gasteiger partial charge in [0.25, 0.3) is 5.91 Å². The van der Waals surface area contributed by atoms with E-state index in [1.54, 1.807) is 7.05 Å². The van der Waals surface area contributed by atoms with E-state index >= 15 is 0 Å². The van der Waals surface area contributed by atoms with Crippen molar-refractivity contribution in [2.45, 2.75) is 91.3 Å². The number of carbonyl (C=O) groups is 2. The number of hydrogen-bond donors (Lipinski definition) is 2. The highest BCUT2D eigenvalue weighted by molar-refractivity contribution is 6.09. The number of nitrogens with one attached hydrogen (secondary N) is 2. The van der Waals surface area contributed by atoms with E-state index < -0.39 is 5.41 Å². The van der Waals surface area contributed by atoms with E-state index in [1.165, 1.54) is 6.42 Å². The van der Waals surface area contributed by atoms with Crippen LogP contribution in [0.3, 0.4) is 0 Å². The molecule has 9 heteroatoms. The van der Waals surface area contributed by atoms with Crippen molar-refractivity contribution in [3.63, 3.8) is 0 Å². The summed E-state index contributed by atoms with van der Waals surface area (Å²) in [6.07, 6.45) is 5.12. The summed E-state index contributed by atoms with van der Waals surface area (Å²) >= 11 is 0. The summed E-state index contributed by atoms with van der Waals surface area (Å²) in [5.41, 5.74) is 7.58. The number of hydrogen-bond acceptors (Lipinski definition) is 6. The van der Waals surface area contributed by atoms with E-state index in [-0.39, 0.29) is 23.9 Å². The van der Waals surface area contributed by atoms with E-state index in [0.717, 1.165) is 70.7 Å². The molecule has 0 bridgehead atoms. The van der Waals surface area contributed by atoms with Gasteiger partial charge in [0, 0.05) is 54.2 Å². The van der Waals surface area contributed by atoms with Crippen LogP contribution in [0, 0.1) is 12.3 Å². The molecule has 0 unspecified atom stereocenters. The third-order valence-corrected chi connectivity index (χ3v) is 10.7. The molecule has 0 spiro atoms. The molecule has 2 aromatic heterocycles. The van der Waals surface area contributed by atoms with Crippen molar-refractivity contribution >= 4 is 40.0 Å². The number of aryl methyl sites for hydroxylation is 1. The second-order valence-corrected chi connectivity index (χ2v) is 15.4. The summed E-state index contributed by atoms with van der Waals surface area (Å²) in [6, 6.07) is 15.1. The Kier molecular flexibility index (Phi) is 7.46. The Morgan fingerprint density at radius 2 is 1.79 bits per heavy atom. The smallest absolute Gasteiger partial charge is 0.251 e. The Balaban J connectivity index is 1.25. The second-order valence-electron chi connectivity index (χ2n) is 15.4. The van der Waals surface area contributed by atoms with Crippen LogP contribution in [-0.2, 0) is 10.2 Å². The minimum absolute atomic E-state index is 0.132. The van der Waals surface area contributed by atoms with E-state index in [4.69, 9.17) is 9.97 Å². The molecule has 4 heterocycles. The Hall–Kier alpha value is -4.24. The van der Waals surface area contributed by atoms with Crippen molar-refractivity contribution in [1.82, 2.24) is 24.8 Å². The van der Waals surface area contributed by atoms with Crippen LogP contribution in [0.1, 0.15) is 88.3 Å². The highest BCUT2D eigenvalue weighted by atomic mass is 16.2. The van der Waals surface area contributed by atoms with Crippen LogP contribution < -0.4 is 15.5 Å². The topological polar surface area (TPSA) is 95.4 Å². The number of carbonyl (C=O) groups excluding carboxylic acids is 2. The molecule has 2 N–H and O–H groups in total. The van der Waals surface area contributed by atoms with Gasteiger partial charge in [0.1, 0.15) is 5.52 Å². The molecule has 2 aliphatic heterocycles. The van der Waals surface area contributed by atoms with Gasteiger partial charge < -0.3 is 20.1 Å². The molecule has 47 heavy (non-hydrogen) atoms. The van der Waals surface area contributed by atoms with E-state index in [0.29, 0.717) is 22.8 Å². The Labute approximate surface area is 277 Å². The molecule has 4 aromatic rings. The van der Waals surface area contributed by atoms with Gasteiger partial charge in [0.15, 0.2) is 5.82 Å². The van der Waals surface area contributed by atoms with Crippen LogP contribution in [0.4, 0.5) is 17.2 Å². The number of anilines is 3. The SMILES string of the molecule is CNC(=O)c1cc(Nc2nc(-c3ccc4c(c3)N(C3CC(N5CCC(C)(C)C5)C3)C(=O)C4(C)C)cc3ncn(C(C)C)c23)ccc1C. The van der Waals surface area contributed by atoms with Crippen LogP contribution in [0.15, 0.2) is 48.8 Å². The quantitative estimate of drug-likeness (QED) is 0.228. The highest BCUT2D eigenvalue weighted by Gasteiger charge is 2.51. The number of amides is 2. The number of pyridine rings is 1. The average molecular weight is 634 g/mol. The first-order valence-corrected chi connectivity index (χ1v) is 17.0. The largest absolute Gasteiger partial charge is 0.355 e. The number of nitrogens with zero attached hydrogens (tertiary/aromatic N) is 5. The first-order chi connectivity index (χ1) is 22.3. The van der Waals surface area contributed by atoms with Gasteiger partial charge in [-0.1, -0.05) is 32.0 Å². The zero-order chi connectivity index (χ0) is 33.4. The van der Waals surface area contributed by atoms with Crippen LogP contribution in [0.2, 0.25) is 0 Å². The van der Waals surface area contributed by atoms with Crippen molar-refractivity contribution in [3.8, 4) is 11.3 Å². The molecule has 0 atom stereocenters. The standard InChI is InChI=1S/C38H47N7O2/c1-22(2)44-21-40-31-19-30(42-34(33(31)44)41-25-11-9-23(3)28(16-25)35(46)39-8)24-10-12-29-32(15-24)45(36(47)38(29,6)7)27-17-26(18-27)43-14-13-37(4,5)20-43/h9-12,15-16,19,21-22,26-27H,13-14,17-18,20H2,1-8H3,(H,39,46)(H,41,42). The lowest BCUT2D eigenvalue weighted by Gasteiger charge is -2.46. The van der Waals surface area contributed by atoms with Crippen molar-refractivity contribution in [2.24, 2.45) is 5.41 Å². The van der Waals surface area contributed by atoms with Gasteiger partial charge in [0.2, 0.25) is 5.91 Å². The molecule has 2 fully saturated rings. The number of fused-ring (bicyclic) bond motifs is 2. The maximum atomic E-state index is 14.0. The molecule has 7 rings (SSSR count). The monoisotopic (exact) mass is 633 g/mol. The molecule has 2 aromatic carbocycles. The lowest BCUT2D eigenvalue weighted by Crippen LogP contribution is -2.56. The van der Waals surface area contributed by atoms with Crippen LogP contribution in [0.25, 0.3) is 22.3 Å². The molecule has 0 radical (unpaired) electrons. The molecular weight excluding hydrogens is 586 g/mol. The van der Waals surface area contributed by atoms with Gasteiger partial charge in [0.05, 0.1) is 23.0 Å². The number of likely N-dealkylation sites (tertiary alicyclic amines) is 1. The van der Waals surface area contributed by atoms with Gasteiger partial charge in [-0.15, -0.1) is 0 Å². The Morgan fingerprint density at radius 1 is 1.02 bits per heavy atom. The fourth-order valence-electron chi connectivity index (χ4n) is 7.74. The number of rotatable bonds is 7. The predicted octanol–water partition coefficient (Wildman–Crippen LogP) is 6.98. The Bertz CT molecular complexity index is 1900. The minimum Gasteiger partial charge on any atom is -0.355 e. The second kappa shape index (κ2) is 11.2. The van der Waals surface area contributed by atoms with Crippen LogP contribution >= 0.6 is 0 Å². The molecule has 3 aliphatic rings. The summed E-state index contributed by atoms with van der Waals surface area (Å²) in [5, 5.41) is 6.25. The summed E-state index contributed by atoms with van der Waals surface area (Å²) in [4.78, 5) is 41.2. The van der Waals surface area contributed by atoms with Crippen molar-refractivity contribution < 1.29 is 9.59 Å². The lowest BCUT2D eigenvalue weighted by molar-refractivity contribution is -0.123. The Morgan fingerprint density at radius 3 is 2.47 bits per heavy atom. The van der Waals surface area contributed by atoms with E-state index in [2.05, 4.69) is 70.9 Å². The van der Waals surface area contributed by atoms with Crippen LogP contribution in [0.5, 0.6) is 0 Å². The summed E-state index contributed by atoms with van der Waals surface area (Å²) in [7, 11) is 1.64. The zero-order valence-electron chi connectivity index (χ0n) is 28.9. The molecule has 9 nitrogen and oxygen atoms in total. The molecule has 2 amide bonds. The first-order valence-electron chi connectivity index (χ1n) is 17.0. The van der Waals surface area contributed by atoms with Gasteiger partial charge in [-0.2, -0.15) is 0 Å². The molecule has 1 saturated heterocycles. The average Bonchev–Trinajstić information content (AvgIpc) is 3.66. The molecule has 1 saturated carbocycles. The van der Waals surface area contributed by atoms with Crippen molar-refractivity contribution in [1.29, 1.82) is 0 Å². The van der Waals surface area contributed by atoms with Gasteiger partial charge in [-0.25, -0.2) is 9.97 Å². The number of benzene rings is 2. The normalized spacial score (nSPS) is 21.7. The number of aromatic nitrogens is 3. The lowest BCUT2D eigenvalue weighted by atomic mass is 9.83. The maximum Gasteiger partial charge on any atom is 0.251 e. The number of imidazole rings is 1. The third-order valence-electron chi connectivity index (χ3n) is 10.7. The maximum absolute atomic E-state index is 14.0. The summed E-state index contributed by atoms with van der Waals surface area (Å²) < 4.78 is 2.11.